The summed E-state index contributed by atoms with van der Waals surface area (Å²) in [5.41, 5.74) is 8.94. The second-order valence-electron chi connectivity index (χ2n) is 5.84. The van der Waals surface area contributed by atoms with Crippen LogP contribution in [0.3, 0.4) is 0 Å². The molecule has 0 spiro atoms. The molecule has 22 heavy (non-hydrogen) atoms. The third-order valence-electron chi connectivity index (χ3n) is 3.49. The number of carboxylic acid groups (broad SMARTS) is 1. The number of hydrogen-bond donors (Lipinski definition) is 4. The highest BCUT2D eigenvalue weighted by atomic mass is 16.4. The van der Waals surface area contributed by atoms with E-state index in [1.807, 2.05) is 0 Å². The molecule has 5 heteroatoms. The lowest BCUT2D eigenvalue weighted by atomic mass is 10.0. The summed E-state index contributed by atoms with van der Waals surface area (Å²) < 4.78 is 0. The molecular weight excluding hydrogens is 278 g/mol. The molecule has 0 aromatic rings. The zero-order chi connectivity index (χ0) is 17.1. The maximum atomic E-state index is 10.3. The van der Waals surface area contributed by atoms with Crippen molar-refractivity contribution in [3.05, 3.63) is 0 Å². The molecule has 0 aliphatic carbocycles. The Morgan fingerprint density at radius 1 is 0.773 bits per heavy atom. The van der Waals surface area contributed by atoms with Crippen LogP contribution >= 0.6 is 0 Å². The number of nitrogens with one attached hydrogen (secondary N) is 1. The van der Waals surface area contributed by atoms with Crippen molar-refractivity contribution >= 4 is 11.9 Å². The summed E-state index contributed by atoms with van der Waals surface area (Å²) in [6.45, 7) is 2.26. The fourth-order valence-corrected chi connectivity index (χ4v) is 2.29. The molecule has 0 fully saturated rings. The molecular formula is C17H37N3O2. The van der Waals surface area contributed by atoms with Crippen LogP contribution < -0.4 is 11.5 Å². The van der Waals surface area contributed by atoms with E-state index in [0.717, 1.165) is 12.8 Å². The summed E-state index contributed by atoms with van der Waals surface area (Å²) in [5, 5.41) is 14.5. The lowest BCUT2D eigenvalue weighted by molar-refractivity contribution is -0.137. The molecule has 0 aliphatic heterocycles. The Hall–Kier alpha value is -1.26. The van der Waals surface area contributed by atoms with Crippen molar-refractivity contribution in [3.8, 4) is 0 Å². The first-order chi connectivity index (χ1) is 10.5. The highest BCUT2D eigenvalue weighted by Gasteiger charge is 1.96. The number of guanidine groups is 1. The van der Waals surface area contributed by atoms with Crippen LogP contribution in [0.2, 0.25) is 0 Å². The molecule has 0 saturated heterocycles. The van der Waals surface area contributed by atoms with Gasteiger partial charge in [-0.15, -0.1) is 0 Å². The summed E-state index contributed by atoms with van der Waals surface area (Å²) in [5.74, 6) is -0.988. The lowest BCUT2D eigenvalue weighted by Gasteiger charge is -2.02. The second kappa shape index (κ2) is 19.7. The number of nitrogens with two attached hydrogens (primary N) is 2. The van der Waals surface area contributed by atoms with Crippen LogP contribution in [0.5, 0.6) is 0 Å². The maximum Gasteiger partial charge on any atom is 0.303 e. The van der Waals surface area contributed by atoms with Gasteiger partial charge in [0.15, 0.2) is 5.96 Å². The summed E-state index contributed by atoms with van der Waals surface area (Å²) >= 11 is 0. The van der Waals surface area contributed by atoms with Crippen LogP contribution in [0, 0.1) is 5.41 Å². The monoisotopic (exact) mass is 315 g/mol. The van der Waals surface area contributed by atoms with Gasteiger partial charge in [0.1, 0.15) is 0 Å². The van der Waals surface area contributed by atoms with Crippen molar-refractivity contribution in [2.45, 2.75) is 96.8 Å². The molecule has 0 atom stereocenters. The first kappa shape index (κ1) is 23.0. The van der Waals surface area contributed by atoms with Gasteiger partial charge in [-0.25, -0.2) is 0 Å². The summed E-state index contributed by atoms with van der Waals surface area (Å²) in [6, 6.07) is 0. The van der Waals surface area contributed by atoms with E-state index in [1.54, 1.807) is 0 Å². The van der Waals surface area contributed by atoms with Crippen molar-refractivity contribution < 1.29 is 9.90 Å². The second-order valence-corrected chi connectivity index (χ2v) is 5.84. The van der Waals surface area contributed by atoms with Crippen molar-refractivity contribution in [3.63, 3.8) is 0 Å². The average Bonchev–Trinajstić information content (AvgIpc) is 2.43. The smallest absolute Gasteiger partial charge is 0.303 e. The van der Waals surface area contributed by atoms with Gasteiger partial charge in [0, 0.05) is 6.42 Å². The van der Waals surface area contributed by atoms with Gasteiger partial charge in [-0.3, -0.25) is 10.2 Å². The van der Waals surface area contributed by atoms with E-state index in [1.165, 1.54) is 70.6 Å². The minimum absolute atomic E-state index is 0.333. The Morgan fingerprint density at radius 2 is 1.05 bits per heavy atom. The Balaban J connectivity index is 0. The normalized spacial score (nSPS) is 9.86. The largest absolute Gasteiger partial charge is 0.481 e. The van der Waals surface area contributed by atoms with Crippen molar-refractivity contribution in [2.75, 3.05) is 0 Å². The number of hydrogen-bond acceptors (Lipinski definition) is 2. The topological polar surface area (TPSA) is 113 Å². The van der Waals surface area contributed by atoms with E-state index in [-0.39, 0.29) is 5.96 Å². The van der Waals surface area contributed by atoms with Gasteiger partial charge in [-0.1, -0.05) is 84.0 Å². The van der Waals surface area contributed by atoms with Crippen LogP contribution in [0.15, 0.2) is 0 Å². The summed E-state index contributed by atoms with van der Waals surface area (Å²) in [4.78, 5) is 10.3. The van der Waals surface area contributed by atoms with E-state index in [2.05, 4.69) is 18.4 Å². The predicted molar refractivity (Wildman–Crippen MR) is 94.0 cm³/mol. The molecule has 0 amide bonds. The van der Waals surface area contributed by atoms with E-state index in [0.29, 0.717) is 6.42 Å². The van der Waals surface area contributed by atoms with Crippen LogP contribution in [-0.4, -0.2) is 17.0 Å². The number of carbonyl (C=O) groups is 1. The van der Waals surface area contributed by atoms with Gasteiger partial charge >= 0.3 is 5.97 Å². The average molecular weight is 316 g/mol. The predicted octanol–water partition coefficient (Wildman–Crippen LogP) is 4.39. The molecule has 132 valence electrons. The Morgan fingerprint density at radius 3 is 1.32 bits per heavy atom. The minimum Gasteiger partial charge on any atom is -0.481 e. The van der Waals surface area contributed by atoms with Crippen LogP contribution in [0.1, 0.15) is 96.8 Å². The molecule has 5 nitrogen and oxygen atoms in total. The Bertz CT molecular complexity index is 254. The standard InChI is InChI=1S/C16H32O2.CH5N3/c1-2-3-4-5-6-7-8-9-10-11-12-13-14-15-16(17)18;2-1(3)4/h2-15H2,1H3,(H,17,18);(H5,2,3,4). The number of carboxylic acids is 1. The lowest BCUT2D eigenvalue weighted by Crippen LogP contribution is -2.20. The van der Waals surface area contributed by atoms with Gasteiger partial charge in [0.2, 0.25) is 0 Å². The van der Waals surface area contributed by atoms with Crippen molar-refractivity contribution in [1.82, 2.24) is 0 Å². The highest BCUT2D eigenvalue weighted by Crippen LogP contribution is 2.12. The molecule has 0 saturated carbocycles. The molecule has 0 heterocycles. The Labute approximate surface area is 136 Å². The number of unbranched alkanes of at least 4 members (excludes halogenated alkanes) is 12. The number of rotatable bonds is 14. The zero-order valence-electron chi connectivity index (χ0n) is 14.4. The van der Waals surface area contributed by atoms with Crippen LogP contribution in [-0.2, 0) is 4.79 Å². The minimum atomic E-state index is -0.655. The molecule has 0 aliphatic rings. The van der Waals surface area contributed by atoms with Gasteiger partial charge in [-0.2, -0.15) is 0 Å². The fraction of sp³-hybridized carbons (Fsp3) is 0.882. The highest BCUT2D eigenvalue weighted by molar-refractivity contribution is 5.71. The molecule has 0 bridgehead atoms. The van der Waals surface area contributed by atoms with Gasteiger partial charge in [0.25, 0.3) is 0 Å². The summed E-state index contributed by atoms with van der Waals surface area (Å²) in [7, 11) is 0. The zero-order valence-corrected chi connectivity index (χ0v) is 14.4. The van der Waals surface area contributed by atoms with Gasteiger partial charge < -0.3 is 16.6 Å². The van der Waals surface area contributed by atoms with E-state index in [9.17, 15) is 4.79 Å². The van der Waals surface area contributed by atoms with Crippen molar-refractivity contribution in [1.29, 1.82) is 5.41 Å². The fourth-order valence-electron chi connectivity index (χ4n) is 2.29. The van der Waals surface area contributed by atoms with Crippen LogP contribution in [0.4, 0.5) is 0 Å². The van der Waals surface area contributed by atoms with Gasteiger partial charge in [-0.05, 0) is 6.42 Å². The molecule has 0 unspecified atom stereocenters. The van der Waals surface area contributed by atoms with E-state index in [4.69, 9.17) is 10.5 Å². The first-order valence-corrected chi connectivity index (χ1v) is 8.82. The number of aliphatic carboxylic acids is 1. The van der Waals surface area contributed by atoms with Crippen LogP contribution in [0.25, 0.3) is 0 Å². The van der Waals surface area contributed by atoms with Gasteiger partial charge in [0.05, 0.1) is 0 Å². The SMILES string of the molecule is CCCCCCCCCCCCCCCC(=O)O.N=C(N)N. The molecule has 0 rings (SSSR count). The molecule has 6 N–H and O–H groups in total. The van der Waals surface area contributed by atoms with E-state index < -0.39 is 5.97 Å². The molecule has 0 aromatic carbocycles. The Kier molecular flexibility index (Phi) is 20.6. The third kappa shape index (κ3) is 31.2. The van der Waals surface area contributed by atoms with E-state index >= 15 is 0 Å². The summed E-state index contributed by atoms with van der Waals surface area (Å²) in [6.07, 6.45) is 17.3. The quantitative estimate of drug-likeness (QED) is 0.216. The third-order valence-corrected chi connectivity index (χ3v) is 3.49. The maximum absolute atomic E-state index is 10.3. The first-order valence-electron chi connectivity index (χ1n) is 8.82. The molecule has 0 aromatic heterocycles. The van der Waals surface area contributed by atoms with Crippen molar-refractivity contribution in [2.24, 2.45) is 11.5 Å². The molecule has 0 radical (unpaired) electrons.